The summed E-state index contributed by atoms with van der Waals surface area (Å²) in [5, 5.41) is 2.87. The Morgan fingerprint density at radius 1 is 1.16 bits per heavy atom. The van der Waals surface area contributed by atoms with E-state index in [1.54, 1.807) is 6.92 Å². The lowest BCUT2D eigenvalue weighted by molar-refractivity contribution is -0.125. The molecule has 4 rings (SSSR count). The number of H-pyrrole nitrogens is 1. The third-order valence-electron chi connectivity index (χ3n) is 5.57. The number of carbonyl (C=O) groups is 1. The van der Waals surface area contributed by atoms with Gasteiger partial charge in [-0.25, -0.2) is 8.78 Å². The predicted octanol–water partition coefficient (Wildman–Crippen LogP) is 4.28. The van der Waals surface area contributed by atoms with E-state index in [1.165, 1.54) is 0 Å². The Kier molecular flexibility index (Phi) is 5.07. The van der Waals surface area contributed by atoms with Gasteiger partial charge < -0.3 is 15.2 Å². The van der Waals surface area contributed by atoms with Gasteiger partial charge in [0.1, 0.15) is 17.7 Å². The first-order chi connectivity index (χ1) is 14.5. The third-order valence-corrected chi connectivity index (χ3v) is 5.57. The quantitative estimate of drug-likeness (QED) is 0.659. The van der Waals surface area contributed by atoms with Crippen molar-refractivity contribution in [2.75, 3.05) is 11.4 Å². The maximum atomic E-state index is 14.1. The van der Waals surface area contributed by atoms with Crippen molar-refractivity contribution in [1.82, 2.24) is 10.3 Å². The molecule has 0 bridgehead atoms. The molecule has 2 N–H and O–H groups in total. The Labute approximate surface area is 179 Å². The van der Waals surface area contributed by atoms with Crippen molar-refractivity contribution in [3.05, 3.63) is 63.8 Å². The highest BCUT2D eigenvalue weighted by molar-refractivity contribution is 5.88. The number of carbonyl (C=O) groups excluding carboxylic acids is 1. The predicted molar refractivity (Wildman–Crippen MR) is 118 cm³/mol. The molecule has 5 nitrogen and oxygen atoms in total. The van der Waals surface area contributed by atoms with Crippen LogP contribution in [0.3, 0.4) is 0 Å². The van der Waals surface area contributed by atoms with Crippen LogP contribution in [0.4, 0.5) is 14.5 Å². The molecule has 7 heteroatoms. The lowest BCUT2D eigenvalue weighted by Crippen LogP contribution is -2.59. The number of halogens is 2. The van der Waals surface area contributed by atoms with Crippen molar-refractivity contribution in [1.29, 1.82) is 0 Å². The van der Waals surface area contributed by atoms with Crippen LogP contribution in [0.25, 0.3) is 22.2 Å². The SMILES string of the molecule is Cc1c(-c2ccc(N3CC[C@@H]3C(=O)NC(C)(C)C)cc2)[nH]c2cc(F)cc(F)c2c1=O. The van der Waals surface area contributed by atoms with Crippen LogP contribution in [0, 0.1) is 18.6 Å². The van der Waals surface area contributed by atoms with E-state index in [0.717, 1.165) is 30.3 Å². The summed E-state index contributed by atoms with van der Waals surface area (Å²) in [6, 6.07) is 9.08. The number of hydrogen-bond donors (Lipinski definition) is 2. The van der Waals surface area contributed by atoms with Crippen LogP contribution in [0.5, 0.6) is 0 Å². The van der Waals surface area contributed by atoms with Gasteiger partial charge in [0, 0.05) is 29.4 Å². The van der Waals surface area contributed by atoms with Crippen molar-refractivity contribution in [3.8, 4) is 11.3 Å². The maximum absolute atomic E-state index is 14.1. The second kappa shape index (κ2) is 7.48. The number of pyridine rings is 1. The largest absolute Gasteiger partial charge is 0.359 e. The molecule has 2 aromatic carbocycles. The Bertz CT molecular complexity index is 1230. The molecule has 0 aliphatic carbocycles. The van der Waals surface area contributed by atoms with E-state index in [4.69, 9.17) is 0 Å². The van der Waals surface area contributed by atoms with Gasteiger partial charge in [-0.3, -0.25) is 9.59 Å². The zero-order valence-corrected chi connectivity index (χ0v) is 18.0. The second-order valence-corrected chi connectivity index (χ2v) is 9.05. The van der Waals surface area contributed by atoms with E-state index >= 15 is 0 Å². The molecule has 1 aliphatic heterocycles. The fourth-order valence-electron chi connectivity index (χ4n) is 3.96. The van der Waals surface area contributed by atoms with Crippen molar-refractivity contribution in [2.45, 2.75) is 45.7 Å². The normalized spacial score (nSPS) is 16.3. The Balaban J connectivity index is 1.65. The summed E-state index contributed by atoms with van der Waals surface area (Å²) in [6.07, 6.45) is 0.790. The monoisotopic (exact) mass is 425 g/mol. The first-order valence-corrected chi connectivity index (χ1v) is 10.3. The summed E-state index contributed by atoms with van der Waals surface area (Å²) < 4.78 is 27.8. The zero-order valence-electron chi connectivity index (χ0n) is 18.0. The Morgan fingerprint density at radius 2 is 1.84 bits per heavy atom. The minimum atomic E-state index is -0.876. The summed E-state index contributed by atoms with van der Waals surface area (Å²) in [5.74, 6) is -1.62. The van der Waals surface area contributed by atoms with Crippen LogP contribution in [-0.2, 0) is 4.79 Å². The minimum Gasteiger partial charge on any atom is -0.359 e. The van der Waals surface area contributed by atoms with E-state index in [-0.39, 0.29) is 28.4 Å². The van der Waals surface area contributed by atoms with Crippen molar-refractivity contribution >= 4 is 22.5 Å². The lowest BCUT2D eigenvalue weighted by Gasteiger charge is -2.42. The van der Waals surface area contributed by atoms with Gasteiger partial charge in [-0.1, -0.05) is 12.1 Å². The van der Waals surface area contributed by atoms with Crippen LogP contribution in [0.1, 0.15) is 32.8 Å². The molecular weight excluding hydrogens is 400 g/mol. The number of aromatic amines is 1. The molecule has 2 heterocycles. The highest BCUT2D eigenvalue weighted by Crippen LogP contribution is 2.30. The summed E-state index contributed by atoms with van der Waals surface area (Å²) in [6.45, 7) is 8.26. The van der Waals surface area contributed by atoms with E-state index in [0.29, 0.717) is 17.3 Å². The van der Waals surface area contributed by atoms with Gasteiger partial charge in [0.2, 0.25) is 5.91 Å². The van der Waals surface area contributed by atoms with Crippen LogP contribution in [0.15, 0.2) is 41.2 Å². The van der Waals surface area contributed by atoms with Crippen LogP contribution < -0.4 is 15.6 Å². The van der Waals surface area contributed by atoms with Crippen molar-refractivity contribution in [2.24, 2.45) is 0 Å². The van der Waals surface area contributed by atoms with E-state index in [1.807, 2.05) is 49.9 Å². The number of aromatic nitrogens is 1. The Morgan fingerprint density at radius 3 is 2.42 bits per heavy atom. The van der Waals surface area contributed by atoms with E-state index < -0.39 is 17.1 Å². The number of rotatable bonds is 3. The standard InChI is InChI=1S/C24H25F2N3O2/c1-13-21(27-18-12-15(25)11-17(26)20(18)22(13)30)14-5-7-16(8-6-14)29-10-9-19(29)23(31)28-24(2,3)4/h5-8,11-12,19H,9-10H2,1-4H3,(H,27,30)(H,28,31)/t19-/m1/s1. The van der Waals surface area contributed by atoms with Crippen LogP contribution in [0.2, 0.25) is 0 Å². The Hall–Kier alpha value is -3.22. The number of hydrogen-bond acceptors (Lipinski definition) is 3. The van der Waals surface area contributed by atoms with Gasteiger partial charge in [0.05, 0.1) is 16.6 Å². The first-order valence-electron chi connectivity index (χ1n) is 10.3. The maximum Gasteiger partial charge on any atom is 0.243 e. The number of nitrogens with zero attached hydrogens (tertiary/aromatic N) is 1. The number of benzene rings is 2. The topological polar surface area (TPSA) is 65.2 Å². The number of fused-ring (bicyclic) bond motifs is 1. The van der Waals surface area contributed by atoms with Gasteiger partial charge in [-0.05, 0) is 57.9 Å². The third kappa shape index (κ3) is 3.92. The average molecular weight is 425 g/mol. The molecule has 1 aromatic heterocycles. The number of amides is 1. The molecule has 0 unspecified atom stereocenters. The van der Waals surface area contributed by atoms with Gasteiger partial charge in [-0.15, -0.1) is 0 Å². The number of anilines is 1. The van der Waals surface area contributed by atoms with Gasteiger partial charge in [-0.2, -0.15) is 0 Å². The fraction of sp³-hybridized carbons (Fsp3) is 0.333. The van der Waals surface area contributed by atoms with Gasteiger partial charge in [0.15, 0.2) is 5.43 Å². The molecule has 1 amide bonds. The molecule has 0 saturated carbocycles. The lowest BCUT2D eigenvalue weighted by atomic mass is 9.98. The molecule has 1 atom stereocenters. The molecule has 3 aromatic rings. The molecular formula is C24H25F2N3O2. The highest BCUT2D eigenvalue weighted by Gasteiger charge is 2.35. The van der Waals surface area contributed by atoms with Gasteiger partial charge >= 0.3 is 0 Å². The molecule has 1 fully saturated rings. The van der Waals surface area contributed by atoms with E-state index in [2.05, 4.69) is 10.3 Å². The second-order valence-electron chi connectivity index (χ2n) is 9.05. The zero-order chi connectivity index (χ0) is 22.5. The number of nitrogens with one attached hydrogen (secondary N) is 2. The molecule has 162 valence electrons. The summed E-state index contributed by atoms with van der Waals surface area (Å²) >= 11 is 0. The van der Waals surface area contributed by atoms with Gasteiger partial charge in [0.25, 0.3) is 0 Å². The molecule has 0 radical (unpaired) electrons. The van der Waals surface area contributed by atoms with Crippen LogP contribution >= 0.6 is 0 Å². The van der Waals surface area contributed by atoms with E-state index in [9.17, 15) is 18.4 Å². The molecule has 31 heavy (non-hydrogen) atoms. The summed E-state index contributed by atoms with van der Waals surface area (Å²) in [5.41, 5.74) is 1.86. The fourth-order valence-corrected chi connectivity index (χ4v) is 3.96. The average Bonchev–Trinajstić information content (AvgIpc) is 2.62. The minimum absolute atomic E-state index is 0.00147. The molecule has 1 saturated heterocycles. The van der Waals surface area contributed by atoms with Crippen LogP contribution in [-0.4, -0.2) is 29.0 Å². The smallest absolute Gasteiger partial charge is 0.243 e. The summed E-state index contributed by atoms with van der Waals surface area (Å²) in [4.78, 5) is 30.2. The summed E-state index contributed by atoms with van der Waals surface area (Å²) in [7, 11) is 0. The molecule has 1 aliphatic rings. The van der Waals surface area contributed by atoms with Crippen molar-refractivity contribution in [3.63, 3.8) is 0 Å². The highest BCUT2D eigenvalue weighted by atomic mass is 19.1. The first kappa shape index (κ1) is 21.0. The molecule has 0 spiro atoms. The van der Waals surface area contributed by atoms with Crippen molar-refractivity contribution < 1.29 is 13.6 Å².